The maximum Gasteiger partial charge on any atom is 0.337 e. The second-order valence-electron chi connectivity index (χ2n) is 5.95. The molecule has 29 heavy (non-hydrogen) atoms. The molecule has 150 valence electrons. The molecule has 0 fully saturated rings. The minimum atomic E-state index is -1.23. The summed E-state index contributed by atoms with van der Waals surface area (Å²) in [5.74, 6) is -1.59. The molecule has 1 aromatic heterocycles. The number of nitrogens with zero attached hydrogens (tertiary/aromatic N) is 1. The van der Waals surface area contributed by atoms with E-state index >= 15 is 0 Å². The largest absolute Gasteiger partial charge is 0.493 e. The van der Waals surface area contributed by atoms with Crippen LogP contribution in [0.5, 0.6) is 11.5 Å². The summed E-state index contributed by atoms with van der Waals surface area (Å²) in [6.45, 7) is 1.67. The van der Waals surface area contributed by atoms with Crippen LogP contribution >= 0.6 is 11.3 Å². The molecular formula is C20H17FN2O5S. The van der Waals surface area contributed by atoms with Crippen LogP contribution in [0, 0.1) is 12.7 Å². The Morgan fingerprint density at radius 1 is 1.10 bits per heavy atom. The van der Waals surface area contributed by atoms with Crippen molar-refractivity contribution in [2.24, 2.45) is 0 Å². The first kappa shape index (κ1) is 20.3. The van der Waals surface area contributed by atoms with Crippen molar-refractivity contribution in [3.8, 4) is 22.1 Å². The molecule has 0 aliphatic rings. The summed E-state index contributed by atoms with van der Waals surface area (Å²) < 4.78 is 23.4. The fraction of sp³-hybridized carbons (Fsp3) is 0.150. The zero-order valence-electron chi connectivity index (χ0n) is 15.8. The standard InChI is InChI=1S/C20H17FN2O5S/c1-10-17(29-19(22-10)11-4-6-12(21)7-5-11)18(24)23-14-9-16(28-3)15(27-2)8-13(14)20(25)26/h4-9H,1-3H3,(H,23,24)(H,25,26). The number of benzene rings is 2. The number of aryl methyl sites for hydroxylation is 1. The van der Waals surface area contributed by atoms with Gasteiger partial charge in [-0.05, 0) is 31.2 Å². The maximum atomic E-state index is 13.1. The molecule has 0 spiro atoms. The SMILES string of the molecule is COc1cc(NC(=O)c2sc(-c3ccc(F)cc3)nc2C)c(C(=O)O)cc1OC. The lowest BCUT2D eigenvalue weighted by Gasteiger charge is -2.13. The molecule has 3 rings (SSSR count). The van der Waals surface area contributed by atoms with E-state index in [4.69, 9.17) is 9.47 Å². The van der Waals surface area contributed by atoms with Crippen molar-refractivity contribution in [3.63, 3.8) is 0 Å². The third kappa shape index (κ3) is 4.19. The summed E-state index contributed by atoms with van der Waals surface area (Å²) >= 11 is 1.13. The lowest BCUT2D eigenvalue weighted by atomic mass is 10.1. The number of aromatic carboxylic acids is 1. The van der Waals surface area contributed by atoms with Crippen molar-refractivity contribution in [1.29, 1.82) is 0 Å². The molecule has 9 heteroatoms. The highest BCUT2D eigenvalue weighted by molar-refractivity contribution is 7.17. The fourth-order valence-electron chi connectivity index (χ4n) is 2.66. The van der Waals surface area contributed by atoms with Crippen LogP contribution in [0.2, 0.25) is 0 Å². The predicted octanol–water partition coefficient (Wildman–Crippen LogP) is 4.23. The molecule has 0 aliphatic carbocycles. The van der Waals surface area contributed by atoms with Gasteiger partial charge in [-0.1, -0.05) is 0 Å². The van der Waals surface area contributed by atoms with E-state index in [1.54, 1.807) is 19.1 Å². The Morgan fingerprint density at radius 2 is 1.72 bits per heavy atom. The van der Waals surface area contributed by atoms with Gasteiger partial charge < -0.3 is 19.9 Å². The summed E-state index contributed by atoms with van der Waals surface area (Å²) in [6.07, 6.45) is 0. The Hall–Kier alpha value is -3.46. The number of thiazole rings is 1. The van der Waals surface area contributed by atoms with Gasteiger partial charge in [0.1, 0.15) is 15.7 Å². The van der Waals surface area contributed by atoms with E-state index < -0.39 is 11.9 Å². The van der Waals surface area contributed by atoms with Gasteiger partial charge in [-0.2, -0.15) is 0 Å². The predicted molar refractivity (Wildman–Crippen MR) is 107 cm³/mol. The summed E-state index contributed by atoms with van der Waals surface area (Å²) in [6, 6.07) is 8.44. The van der Waals surface area contributed by atoms with Crippen LogP contribution in [0.15, 0.2) is 36.4 Å². The van der Waals surface area contributed by atoms with Crippen LogP contribution in [0.1, 0.15) is 25.7 Å². The number of anilines is 1. The number of methoxy groups -OCH3 is 2. The topological polar surface area (TPSA) is 97.8 Å². The average molecular weight is 416 g/mol. The smallest absolute Gasteiger partial charge is 0.337 e. The minimum absolute atomic E-state index is 0.0660. The summed E-state index contributed by atoms with van der Waals surface area (Å²) in [4.78, 5) is 29.1. The van der Waals surface area contributed by atoms with Gasteiger partial charge in [-0.3, -0.25) is 4.79 Å². The molecule has 0 saturated carbocycles. The highest BCUT2D eigenvalue weighted by atomic mass is 32.1. The van der Waals surface area contributed by atoms with Crippen LogP contribution in [0.3, 0.4) is 0 Å². The third-order valence-corrected chi connectivity index (χ3v) is 5.30. The minimum Gasteiger partial charge on any atom is -0.493 e. The number of carboxylic acid groups (broad SMARTS) is 1. The van der Waals surface area contributed by atoms with Gasteiger partial charge in [0.2, 0.25) is 0 Å². The van der Waals surface area contributed by atoms with Crippen LogP contribution in [0.4, 0.5) is 10.1 Å². The number of aromatic nitrogens is 1. The Bertz CT molecular complexity index is 1080. The number of carboxylic acids is 1. The number of hydrogen-bond acceptors (Lipinski definition) is 6. The quantitative estimate of drug-likeness (QED) is 0.624. The molecule has 0 aliphatic heterocycles. The van der Waals surface area contributed by atoms with Gasteiger partial charge in [0.15, 0.2) is 11.5 Å². The fourth-order valence-corrected chi connectivity index (χ4v) is 3.63. The summed E-state index contributed by atoms with van der Waals surface area (Å²) in [5.41, 5.74) is 1.08. The molecule has 7 nitrogen and oxygen atoms in total. The van der Waals surface area contributed by atoms with Gasteiger partial charge in [0.25, 0.3) is 5.91 Å². The van der Waals surface area contributed by atoms with Crippen molar-refractivity contribution >= 4 is 28.9 Å². The first-order valence-electron chi connectivity index (χ1n) is 8.38. The number of nitrogens with one attached hydrogen (secondary N) is 1. The number of hydrogen-bond donors (Lipinski definition) is 2. The Balaban J connectivity index is 1.94. The molecule has 0 atom stereocenters. The first-order valence-corrected chi connectivity index (χ1v) is 9.19. The van der Waals surface area contributed by atoms with Crippen molar-refractivity contribution in [2.45, 2.75) is 6.92 Å². The highest BCUT2D eigenvalue weighted by Gasteiger charge is 2.21. The number of carbonyl (C=O) groups excluding carboxylic acids is 1. The van der Waals surface area contributed by atoms with Crippen molar-refractivity contribution in [1.82, 2.24) is 4.98 Å². The number of rotatable bonds is 6. The lowest BCUT2D eigenvalue weighted by molar-refractivity contribution is 0.0697. The molecule has 2 aromatic carbocycles. The number of ether oxygens (including phenoxy) is 2. The van der Waals surface area contributed by atoms with E-state index in [1.165, 1.54) is 38.5 Å². The Morgan fingerprint density at radius 3 is 2.31 bits per heavy atom. The van der Waals surface area contributed by atoms with E-state index in [9.17, 15) is 19.1 Å². The monoisotopic (exact) mass is 416 g/mol. The molecule has 2 N–H and O–H groups in total. The van der Waals surface area contributed by atoms with Crippen molar-refractivity contribution in [3.05, 3.63) is 58.3 Å². The lowest BCUT2D eigenvalue weighted by Crippen LogP contribution is -2.15. The average Bonchev–Trinajstić information content (AvgIpc) is 3.09. The molecule has 0 bridgehead atoms. The molecule has 0 radical (unpaired) electrons. The van der Waals surface area contributed by atoms with Gasteiger partial charge in [-0.25, -0.2) is 14.2 Å². The van der Waals surface area contributed by atoms with Gasteiger partial charge >= 0.3 is 5.97 Å². The van der Waals surface area contributed by atoms with E-state index in [0.29, 0.717) is 21.1 Å². The Kier molecular flexibility index (Phi) is 5.79. The molecular weight excluding hydrogens is 399 g/mol. The van der Waals surface area contributed by atoms with Crippen LogP contribution in [-0.2, 0) is 0 Å². The van der Waals surface area contributed by atoms with Crippen LogP contribution in [-0.4, -0.2) is 36.2 Å². The third-order valence-electron chi connectivity index (χ3n) is 4.10. The second-order valence-corrected chi connectivity index (χ2v) is 6.95. The molecule has 0 saturated heterocycles. The van der Waals surface area contributed by atoms with E-state index in [1.807, 2.05) is 0 Å². The molecule has 1 heterocycles. The molecule has 1 amide bonds. The van der Waals surface area contributed by atoms with Gasteiger partial charge in [-0.15, -0.1) is 11.3 Å². The maximum absolute atomic E-state index is 13.1. The van der Waals surface area contributed by atoms with Crippen LogP contribution < -0.4 is 14.8 Å². The highest BCUT2D eigenvalue weighted by Crippen LogP contribution is 2.34. The molecule has 0 unspecified atom stereocenters. The number of carbonyl (C=O) groups is 2. The Labute approximate surface area is 169 Å². The summed E-state index contributed by atoms with van der Waals surface area (Å²) in [7, 11) is 2.80. The summed E-state index contributed by atoms with van der Waals surface area (Å²) in [5, 5.41) is 12.6. The van der Waals surface area contributed by atoms with Gasteiger partial charge in [0.05, 0.1) is 31.2 Å². The van der Waals surface area contributed by atoms with E-state index in [0.717, 1.165) is 11.3 Å². The zero-order valence-corrected chi connectivity index (χ0v) is 16.6. The van der Waals surface area contributed by atoms with Gasteiger partial charge in [0, 0.05) is 17.7 Å². The van der Waals surface area contributed by atoms with Crippen molar-refractivity contribution in [2.75, 3.05) is 19.5 Å². The van der Waals surface area contributed by atoms with Crippen LogP contribution in [0.25, 0.3) is 10.6 Å². The first-order chi connectivity index (χ1) is 13.8. The molecule has 3 aromatic rings. The van der Waals surface area contributed by atoms with Crippen molar-refractivity contribution < 1.29 is 28.6 Å². The number of halogens is 1. The zero-order chi connectivity index (χ0) is 21.1. The number of amides is 1. The second kappa shape index (κ2) is 8.27. The van der Waals surface area contributed by atoms with E-state index in [2.05, 4.69) is 10.3 Å². The normalized spacial score (nSPS) is 10.5. The van der Waals surface area contributed by atoms with E-state index in [-0.39, 0.29) is 28.6 Å².